The fourth-order valence-corrected chi connectivity index (χ4v) is 4.25. The maximum Gasteiger partial charge on any atom is 0.407 e. The highest BCUT2D eigenvalue weighted by molar-refractivity contribution is 5.84. The predicted octanol–water partition coefficient (Wildman–Crippen LogP) is 4.45. The van der Waals surface area contributed by atoms with Crippen LogP contribution in [0.3, 0.4) is 0 Å². The first-order valence-corrected chi connectivity index (χ1v) is 11.6. The number of unbranched alkanes of at least 4 members (excludes halogenated alkanes) is 1. The van der Waals surface area contributed by atoms with Crippen molar-refractivity contribution in [2.75, 3.05) is 6.61 Å². The van der Waals surface area contributed by atoms with Crippen molar-refractivity contribution in [1.29, 1.82) is 0 Å². The van der Waals surface area contributed by atoms with E-state index in [0.717, 1.165) is 28.7 Å². The largest absolute Gasteiger partial charge is 0.480 e. The molecule has 0 spiro atoms. The number of nitrogens with one attached hydrogen (secondary N) is 2. The summed E-state index contributed by atoms with van der Waals surface area (Å²) in [5, 5.41) is 14.6. The van der Waals surface area contributed by atoms with Crippen molar-refractivity contribution in [2.45, 2.75) is 64.0 Å². The van der Waals surface area contributed by atoms with Crippen LogP contribution in [-0.4, -0.2) is 41.8 Å². The van der Waals surface area contributed by atoms with Crippen molar-refractivity contribution in [3.63, 3.8) is 0 Å². The highest BCUT2D eigenvalue weighted by Gasteiger charge is 2.29. The summed E-state index contributed by atoms with van der Waals surface area (Å²) in [6.07, 6.45) is 1.87. The molecule has 0 radical (unpaired) electrons. The Labute approximate surface area is 194 Å². The zero-order chi connectivity index (χ0) is 23.8. The molecule has 0 saturated heterocycles. The van der Waals surface area contributed by atoms with Gasteiger partial charge in [-0.15, -0.1) is 0 Å². The fraction of sp³-hybridized carbons (Fsp3) is 0.423. The Morgan fingerprint density at radius 2 is 1.58 bits per heavy atom. The van der Waals surface area contributed by atoms with Crippen molar-refractivity contribution in [1.82, 2.24) is 10.6 Å². The second kappa shape index (κ2) is 11.5. The van der Waals surface area contributed by atoms with Gasteiger partial charge in [0.25, 0.3) is 0 Å². The number of alkyl carbamates (subject to hydrolysis) is 1. The third-order valence-electron chi connectivity index (χ3n) is 6.07. The van der Waals surface area contributed by atoms with Crippen LogP contribution in [0.4, 0.5) is 4.79 Å². The SMILES string of the molecule is CCCC[C@H](NC(=O)C[C@@H](CC)NC(=O)OCC1c2ccccc2-c2ccccc21)C(=O)O. The average molecular weight is 453 g/mol. The van der Waals surface area contributed by atoms with Crippen LogP contribution in [0, 0.1) is 0 Å². The number of rotatable bonds is 11. The number of carbonyl (C=O) groups is 3. The van der Waals surface area contributed by atoms with Crippen molar-refractivity contribution >= 4 is 18.0 Å². The molecule has 7 heteroatoms. The van der Waals surface area contributed by atoms with Gasteiger partial charge in [0.05, 0.1) is 0 Å². The van der Waals surface area contributed by atoms with Gasteiger partial charge in [-0.05, 0) is 35.1 Å². The molecule has 0 unspecified atom stereocenters. The van der Waals surface area contributed by atoms with Gasteiger partial charge in [-0.1, -0.05) is 75.2 Å². The Morgan fingerprint density at radius 3 is 2.12 bits per heavy atom. The first-order valence-electron chi connectivity index (χ1n) is 11.6. The average Bonchev–Trinajstić information content (AvgIpc) is 3.13. The highest BCUT2D eigenvalue weighted by Crippen LogP contribution is 2.44. The van der Waals surface area contributed by atoms with Gasteiger partial charge in [-0.2, -0.15) is 0 Å². The molecular formula is C26H32N2O5. The van der Waals surface area contributed by atoms with Crippen molar-refractivity contribution in [3.05, 3.63) is 59.7 Å². The molecule has 0 aromatic heterocycles. The van der Waals surface area contributed by atoms with Crippen LogP contribution in [0.15, 0.2) is 48.5 Å². The maximum atomic E-state index is 12.5. The Bertz CT molecular complexity index is 945. The summed E-state index contributed by atoms with van der Waals surface area (Å²) < 4.78 is 5.55. The van der Waals surface area contributed by atoms with Crippen LogP contribution < -0.4 is 10.6 Å². The summed E-state index contributed by atoms with van der Waals surface area (Å²) in [5.74, 6) is -1.49. The minimum absolute atomic E-state index is 0.00337. The van der Waals surface area contributed by atoms with Crippen LogP contribution in [0.1, 0.15) is 63.0 Å². The maximum absolute atomic E-state index is 12.5. The number of amides is 2. The molecule has 0 bridgehead atoms. The van der Waals surface area contributed by atoms with E-state index >= 15 is 0 Å². The number of benzene rings is 2. The van der Waals surface area contributed by atoms with Gasteiger partial charge in [-0.3, -0.25) is 4.79 Å². The van der Waals surface area contributed by atoms with Crippen LogP contribution in [-0.2, 0) is 14.3 Å². The zero-order valence-electron chi connectivity index (χ0n) is 19.2. The summed E-state index contributed by atoms with van der Waals surface area (Å²) in [5.41, 5.74) is 4.57. The summed E-state index contributed by atoms with van der Waals surface area (Å²) in [6, 6.07) is 14.9. The van der Waals surface area contributed by atoms with Gasteiger partial charge in [0.1, 0.15) is 12.6 Å². The number of carbonyl (C=O) groups excluding carboxylic acids is 2. The van der Waals surface area contributed by atoms with Crippen molar-refractivity contribution in [2.24, 2.45) is 0 Å². The smallest absolute Gasteiger partial charge is 0.407 e. The number of hydrogen-bond donors (Lipinski definition) is 3. The van der Waals surface area contributed by atoms with E-state index in [1.807, 2.05) is 38.1 Å². The molecule has 0 fully saturated rings. The molecule has 2 aromatic carbocycles. The molecule has 3 N–H and O–H groups in total. The van der Waals surface area contributed by atoms with E-state index in [1.54, 1.807) is 0 Å². The van der Waals surface area contributed by atoms with Gasteiger partial charge in [0.15, 0.2) is 0 Å². The zero-order valence-corrected chi connectivity index (χ0v) is 19.2. The van der Waals surface area contributed by atoms with Gasteiger partial charge in [-0.25, -0.2) is 9.59 Å². The lowest BCUT2D eigenvalue weighted by Crippen LogP contribution is -2.44. The van der Waals surface area contributed by atoms with Crippen molar-refractivity contribution in [3.8, 4) is 11.1 Å². The predicted molar refractivity (Wildman–Crippen MR) is 126 cm³/mol. The number of ether oxygens (including phenoxy) is 1. The van der Waals surface area contributed by atoms with E-state index in [2.05, 4.69) is 34.9 Å². The number of hydrogen-bond acceptors (Lipinski definition) is 4. The van der Waals surface area contributed by atoms with Crippen molar-refractivity contribution < 1.29 is 24.2 Å². The number of aliphatic carboxylic acids is 1. The first-order chi connectivity index (χ1) is 15.9. The second-order valence-electron chi connectivity index (χ2n) is 8.38. The standard InChI is InChI=1S/C26H32N2O5/c1-3-5-14-23(25(30)31)28-24(29)15-17(4-2)27-26(32)33-16-22-20-12-8-6-10-18(20)19-11-7-9-13-21(19)22/h6-13,17,22-23H,3-5,14-16H2,1-2H3,(H,27,32)(H,28,29)(H,30,31)/t17-,23+/m1/s1. The Hall–Kier alpha value is -3.35. The molecular weight excluding hydrogens is 420 g/mol. The molecule has 0 aliphatic heterocycles. The molecule has 3 rings (SSSR count). The van der Waals surface area contributed by atoms with E-state index < -0.39 is 30.1 Å². The second-order valence-corrected chi connectivity index (χ2v) is 8.38. The molecule has 2 amide bonds. The van der Waals surface area contributed by atoms with E-state index in [-0.39, 0.29) is 18.9 Å². The third kappa shape index (κ3) is 6.12. The number of carboxylic acids is 1. The van der Waals surface area contributed by atoms with E-state index in [4.69, 9.17) is 4.74 Å². The van der Waals surface area contributed by atoms with Gasteiger partial charge >= 0.3 is 12.1 Å². The van der Waals surface area contributed by atoms with E-state index in [0.29, 0.717) is 19.3 Å². The minimum Gasteiger partial charge on any atom is -0.480 e. The molecule has 0 heterocycles. The summed E-state index contributed by atoms with van der Waals surface area (Å²) >= 11 is 0. The molecule has 176 valence electrons. The van der Waals surface area contributed by atoms with Gasteiger partial charge in [0, 0.05) is 18.4 Å². The highest BCUT2D eigenvalue weighted by atomic mass is 16.5. The van der Waals surface area contributed by atoms with Gasteiger partial charge in [0.2, 0.25) is 5.91 Å². The molecule has 33 heavy (non-hydrogen) atoms. The van der Waals surface area contributed by atoms with Crippen LogP contribution in [0.25, 0.3) is 11.1 Å². The third-order valence-corrected chi connectivity index (χ3v) is 6.07. The lowest BCUT2D eigenvalue weighted by atomic mass is 9.98. The van der Waals surface area contributed by atoms with Gasteiger partial charge < -0.3 is 20.5 Å². The summed E-state index contributed by atoms with van der Waals surface area (Å²) in [4.78, 5) is 36.2. The van der Waals surface area contributed by atoms with Crippen LogP contribution in [0.2, 0.25) is 0 Å². The molecule has 1 aliphatic rings. The minimum atomic E-state index is -1.05. The molecule has 0 saturated carbocycles. The number of fused-ring (bicyclic) bond motifs is 3. The topological polar surface area (TPSA) is 105 Å². The van der Waals surface area contributed by atoms with Crippen LogP contribution in [0.5, 0.6) is 0 Å². The molecule has 2 atom stereocenters. The quantitative estimate of drug-likeness (QED) is 0.467. The fourth-order valence-electron chi connectivity index (χ4n) is 4.25. The molecule has 7 nitrogen and oxygen atoms in total. The summed E-state index contributed by atoms with van der Waals surface area (Å²) in [6.45, 7) is 4.01. The molecule has 1 aliphatic carbocycles. The summed E-state index contributed by atoms with van der Waals surface area (Å²) in [7, 11) is 0. The van der Waals surface area contributed by atoms with Crippen LogP contribution >= 0.6 is 0 Å². The monoisotopic (exact) mass is 452 g/mol. The Kier molecular flexibility index (Phi) is 8.46. The normalized spacial score (nSPS) is 14.0. The van der Waals surface area contributed by atoms with E-state index in [1.165, 1.54) is 0 Å². The Balaban J connectivity index is 1.54. The first kappa shape index (κ1) is 24.3. The molecule has 2 aromatic rings. The lowest BCUT2D eigenvalue weighted by molar-refractivity contribution is -0.142. The van der Waals surface area contributed by atoms with E-state index in [9.17, 15) is 19.5 Å². The lowest BCUT2D eigenvalue weighted by Gasteiger charge is -2.20. The Morgan fingerprint density at radius 1 is 0.970 bits per heavy atom. The number of carboxylic acid groups (broad SMARTS) is 1.